The quantitative estimate of drug-likeness (QED) is 0.598. The maximum atomic E-state index is 11.0. The summed E-state index contributed by atoms with van der Waals surface area (Å²) in [5.41, 5.74) is 2.24. The molecule has 1 heterocycles. The van der Waals surface area contributed by atoms with E-state index in [1.54, 1.807) is 13.2 Å². The topological polar surface area (TPSA) is 143 Å². The van der Waals surface area contributed by atoms with Crippen LogP contribution in [0.4, 0.5) is 0 Å². The molecule has 31 heavy (non-hydrogen) atoms. The molecule has 10 nitrogen and oxygen atoms in total. The molecule has 0 spiro atoms. The molecule has 1 fully saturated rings. The molecule has 0 aliphatic heterocycles. The third kappa shape index (κ3) is 5.31. The van der Waals surface area contributed by atoms with Crippen LogP contribution in [0.1, 0.15) is 30.1 Å². The van der Waals surface area contributed by atoms with Crippen LogP contribution in [0, 0.1) is 5.92 Å². The highest BCUT2D eigenvalue weighted by Gasteiger charge is 2.36. The predicted molar refractivity (Wildman–Crippen MR) is 109 cm³/mol. The Morgan fingerprint density at radius 1 is 1.16 bits per heavy atom. The Kier molecular flexibility index (Phi) is 6.39. The molecule has 0 unspecified atom stereocenters. The Labute approximate surface area is 180 Å². The van der Waals surface area contributed by atoms with Gasteiger partial charge in [-0.1, -0.05) is 24.3 Å². The second-order valence-corrected chi connectivity index (χ2v) is 8.95. The average molecular weight is 452 g/mol. The van der Waals surface area contributed by atoms with Gasteiger partial charge in [-0.3, -0.25) is 4.18 Å². The van der Waals surface area contributed by atoms with Gasteiger partial charge >= 0.3 is 10.3 Å². The highest BCUT2D eigenvalue weighted by Crippen LogP contribution is 2.37. The van der Waals surface area contributed by atoms with E-state index in [1.165, 1.54) is 11.9 Å². The molecule has 2 aromatic rings. The summed E-state index contributed by atoms with van der Waals surface area (Å²) >= 11 is 0. The van der Waals surface area contributed by atoms with Gasteiger partial charge in [-0.05, 0) is 17.5 Å². The molecule has 2 aliphatic carbocycles. The van der Waals surface area contributed by atoms with Gasteiger partial charge in [0.25, 0.3) is 0 Å². The molecule has 0 saturated heterocycles. The second kappa shape index (κ2) is 9.05. The van der Waals surface area contributed by atoms with Gasteiger partial charge < -0.3 is 19.3 Å². The number of nitrogens with two attached hydrogens (primary N) is 1. The molecule has 11 heteroatoms. The number of aliphatic hydroxyl groups excluding tert-OH is 1. The van der Waals surface area contributed by atoms with Crippen molar-refractivity contribution in [1.82, 2.24) is 9.97 Å². The zero-order chi connectivity index (χ0) is 22.0. The van der Waals surface area contributed by atoms with E-state index in [1.807, 2.05) is 18.2 Å². The number of ether oxygens (including phenoxy) is 3. The number of nitrogens with zero attached hydrogens (tertiary/aromatic N) is 2. The minimum Gasteiger partial charge on any atom is -0.474 e. The zero-order valence-corrected chi connectivity index (χ0v) is 17.8. The minimum atomic E-state index is -4.06. The Hall–Kier alpha value is -2.31. The van der Waals surface area contributed by atoms with Crippen molar-refractivity contribution in [3.05, 3.63) is 47.8 Å². The molecule has 5 atom stereocenters. The summed E-state index contributed by atoms with van der Waals surface area (Å²) in [5.74, 6) is 0.246. The molecule has 0 radical (unpaired) electrons. The maximum absolute atomic E-state index is 11.0. The van der Waals surface area contributed by atoms with Crippen LogP contribution in [0.15, 0.2) is 36.7 Å². The first-order valence-electron chi connectivity index (χ1n) is 9.93. The Balaban J connectivity index is 1.40. The monoisotopic (exact) mass is 451 g/mol. The number of fused-ring (bicyclic) bond motifs is 1. The van der Waals surface area contributed by atoms with E-state index in [0.29, 0.717) is 24.6 Å². The van der Waals surface area contributed by atoms with Gasteiger partial charge in [-0.15, -0.1) is 0 Å². The van der Waals surface area contributed by atoms with Crippen molar-refractivity contribution in [3.8, 4) is 11.8 Å². The fourth-order valence-electron chi connectivity index (χ4n) is 4.13. The van der Waals surface area contributed by atoms with Crippen LogP contribution in [-0.4, -0.2) is 55.5 Å². The highest BCUT2D eigenvalue weighted by atomic mass is 32.2. The van der Waals surface area contributed by atoms with Crippen molar-refractivity contribution in [3.63, 3.8) is 0 Å². The number of methoxy groups -OCH3 is 1. The number of benzene rings is 1. The molecule has 1 aromatic heterocycles. The van der Waals surface area contributed by atoms with Crippen molar-refractivity contribution in [2.75, 3.05) is 13.7 Å². The van der Waals surface area contributed by atoms with Gasteiger partial charge in [0.2, 0.25) is 11.8 Å². The molecule has 4 rings (SSSR count). The van der Waals surface area contributed by atoms with Crippen molar-refractivity contribution in [2.24, 2.45) is 11.1 Å². The van der Waals surface area contributed by atoms with Crippen LogP contribution in [0.5, 0.6) is 11.8 Å². The van der Waals surface area contributed by atoms with Gasteiger partial charge in [0, 0.05) is 25.9 Å². The first-order chi connectivity index (χ1) is 14.8. The standard InChI is InChI=1S/C20H25N3O7S/c1-27-17-7-12-4-2-3-5-15(12)20(17)30-19-9-18(22-11-23-19)29-14-6-13(16(24)8-14)10-28-31(21,25)26/h2-5,9,11,13-14,16-17,20,24H,6-8,10H2,1H3,(H2,21,25,26)/t13-,14+,16-,17-,20+/m0/s1. The molecular formula is C20H25N3O7S. The molecule has 168 valence electrons. The Morgan fingerprint density at radius 3 is 2.65 bits per heavy atom. The van der Waals surface area contributed by atoms with Crippen molar-refractivity contribution < 1.29 is 31.9 Å². The number of hydrogen-bond donors (Lipinski definition) is 2. The summed E-state index contributed by atoms with van der Waals surface area (Å²) in [6.07, 6.45) is 1.29. The summed E-state index contributed by atoms with van der Waals surface area (Å²) in [5, 5.41) is 15.0. The number of rotatable bonds is 8. The van der Waals surface area contributed by atoms with Crippen molar-refractivity contribution in [1.29, 1.82) is 0 Å². The minimum absolute atomic E-state index is 0.124. The van der Waals surface area contributed by atoms with Gasteiger partial charge in [0.1, 0.15) is 18.5 Å². The van der Waals surface area contributed by atoms with Crippen LogP contribution < -0.4 is 14.6 Å². The SMILES string of the molecule is CO[C@H]1Cc2ccccc2[C@H]1Oc1cc(O[C@@H]2C[C@@H](COS(N)(=O)=O)[C@@H](O)C2)ncn1. The van der Waals surface area contributed by atoms with Crippen LogP contribution >= 0.6 is 0 Å². The van der Waals surface area contributed by atoms with E-state index in [4.69, 9.17) is 19.3 Å². The van der Waals surface area contributed by atoms with E-state index in [9.17, 15) is 13.5 Å². The van der Waals surface area contributed by atoms with E-state index in [0.717, 1.165) is 12.0 Å². The lowest BCUT2D eigenvalue weighted by molar-refractivity contribution is 0.0107. The van der Waals surface area contributed by atoms with Crippen LogP contribution in [0.3, 0.4) is 0 Å². The van der Waals surface area contributed by atoms with Gasteiger partial charge in [0.15, 0.2) is 6.10 Å². The fraction of sp³-hybridized carbons (Fsp3) is 0.500. The summed E-state index contributed by atoms with van der Waals surface area (Å²) < 4.78 is 44.1. The summed E-state index contributed by atoms with van der Waals surface area (Å²) in [7, 11) is -2.40. The largest absolute Gasteiger partial charge is 0.474 e. The second-order valence-electron chi connectivity index (χ2n) is 7.73. The lowest BCUT2D eigenvalue weighted by Crippen LogP contribution is -2.24. The summed E-state index contributed by atoms with van der Waals surface area (Å²) in [6, 6.07) is 9.61. The molecule has 1 saturated carbocycles. The Morgan fingerprint density at radius 2 is 1.90 bits per heavy atom. The normalized spacial score (nSPS) is 27.8. The molecule has 3 N–H and O–H groups in total. The van der Waals surface area contributed by atoms with Crippen LogP contribution in [0.2, 0.25) is 0 Å². The smallest absolute Gasteiger partial charge is 0.333 e. The van der Waals surface area contributed by atoms with E-state index >= 15 is 0 Å². The number of hydrogen-bond acceptors (Lipinski definition) is 9. The third-order valence-corrected chi connectivity index (χ3v) is 6.10. The van der Waals surface area contributed by atoms with Gasteiger partial charge in [0.05, 0.1) is 18.8 Å². The van der Waals surface area contributed by atoms with Crippen LogP contribution in [-0.2, 0) is 25.6 Å². The lowest BCUT2D eigenvalue weighted by atomic mass is 10.1. The van der Waals surface area contributed by atoms with E-state index in [2.05, 4.69) is 20.2 Å². The molecule has 1 aromatic carbocycles. The van der Waals surface area contributed by atoms with Crippen molar-refractivity contribution >= 4 is 10.3 Å². The number of aliphatic hydroxyl groups is 1. The van der Waals surface area contributed by atoms with Gasteiger partial charge in [-0.2, -0.15) is 8.42 Å². The average Bonchev–Trinajstić information content (AvgIpc) is 3.26. The molecular weight excluding hydrogens is 426 g/mol. The number of aromatic nitrogens is 2. The van der Waals surface area contributed by atoms with E-state index in [-0.39, 0.29) is 24.9 Å². The van der Waals surface area contributed by atoms with Gasteiger partial charge in [-0.25, -0.2) is 15.1 Å². The lowest BCUT2D eigenvalue weighted by Gasteiger charge is -2.20. The summed E-state index contributed by atoms with van der Waals surface area (Å²) in [4.78, 5) is 8.31. The van der Waals surface area contributed by atoms with Crippen molar-refractivity contribution in [2.45, 2.75) is 43.7 Å². The maximum Gasteiger partial charge on any atom is 0.333 e. The molecule has 2 aliphatic rings. The first-order valence-corrected chi connectivity index (χ1v) is 11.4. The summed E-state index contributed by atoms with van der Waals surface area (Å²) in [6.45, 7) is -0.197. The third-order valence-electron chi connectivity index (χ3n) is 5.64. The first kappa shape index (κ1) is 21.9. The fourth-order valence-corrected chi connectivity index (χ4v) is 4.50. The predicted octanol–water partition coefficient (Wildman–Crippen LogP) is 0.906. The molecule has 0 bridgehead atoms. The van der Waals surface area contributed by atoms with E-state index < -0.39 is 22.3 Å². The highest BCUT2D eigenvalue weighted by molar-refractivity contribution is 7.84. The molecule has 0 amide bonds. The zero-order valence-electron chi connectivity index (χ0n) is 17.0. The van der Waals surface area contributed by atoms with Crippen LogP contribution in [0.25, 0.3) is 0 Å². The Bertz CT molecular complexity index is 1020.